The number of pyridine rings is 1. The van der Waals surface area contributed by atoms with Gasteiger partial charge < -0.3 is 4.90 Å². The van der Waals surface area contributed by atoms with Crippen molar-refractivity contribution >= 4 is 38.0 Å². The third-order valence-corrected chi connectivity index (χ3v) is 7.68. The highest BCUT2D eigenvalue weighted by atomic mass is 32.2. The second-order valence-corrected chi connectivity index (χ2v) is 9.67. The van der Waals surface area contributed by atoms with Crippen LogP contribution in [0.25, 0.3) is 20.5 Å². The number of fused-ring (bicyclic) bond motifs is 1. The number of benzene rings is 2. The first-order valence-corrected chi connectivity index (χ1v) is 11.6. The Morgan fingerprint density at radius 1 is 0.966 bits per heavy atom. The van der Waals surface area contributed by atoms with E-state index in [0.717, 1.165) is 42.2 Å². The van der Waals surface area contributed by atoms with E-state index in [1.807, 2.05) is 18.2 Å². The summed E-state index contributed by atoms with van der Waals surface area (Å²) in [4.78, 5) is 9.38. The van der Waals surface area contributed by atoms with Crippen LogP contribution in [-0.2, 0) is 10.8 Å². The molecule has 1 aliphatic rings. The lowest BCUT2D eigenvalue weighted by Gasteiger charge is -2.20. The third kappa shape index (κ3) is 3.58. The fourth-order valence-corrected chi connectivity index (χ4v) is 5.81. The highest BCUT2D eigenvalue weighted by Gasteiger charge is 2.21. The summed E-state index contributed by atoms with van der Waals surface area (Å²) in [7, 11) is -1.41. The Bertz CT molecular complexity index is 1160. The molecule has 3 nitrogen and oxygen atoms in total. The van der Waals surface area contributed by atoms with Crippen LogP contribution in [0.5, 0.6) is 0 Å². The largest absolute Gasteiger partial charge is 0.356 e. The van der Waals surface area contributed by atoms with Crippen molar-refractivity contribution < 1.29 is 8.60 Å². The lowest BCUT2D eigenvalue weighted by atomic mass is 10.2. The van der Waals surface area contributed by atoms with Gasteiger partial charge in [-0.25, -0.2) is 13.6 Å². The summed E-state index contributed by atoms with van der Waals surface area (Å²) >= 11 is 1.73. The molecule has 0 N–H and O–H groups in total. The van der Waals surface area contributed by atoms with Crippen molar-refractivity contribution in [2.45, 2.75) is 22.6 Å². The molecule has 5 rings (SSSR count). The van der Waals surface area contributed by atoms with Crippen molar-refractivity contribution in [1.82, 2.24) is 4.98 Å². The van der Waals surface area contributed by atoms with Crippen LogP contribution in [-0.4, -0.2) is 22.3 Å². The first-order chi connectivity index (χ1) is 14.2. The van der Waals surface area contributed by atoms with Gasteiger partial charge in [0.05, 0.1) is 15.7 Å². The van der Waals surface area contributed by atoms with Crippen LogP contribution in [0.1, 0.15) is 12.8 Å². The van der Waals surface area contributed by atoms with Crippen LogP contribution in [0.15, 0.2) is 76.7 Å². The van der Waals surface area contributed by atoms with E-state index in [4.69, 9.17) is 4.98 Å². The molecule has 0 spiro atoms. The summed E-state index contributed by atoms with van der Waals surface area (Å²) in [6.07, 6.45) is 4.03. The Balaban J connectivity index is 1.62. The van der Waals surface area contributed by atoms with Crippen molar-refractivity contribution in [1.29, 1.82) is 0 Å². The standard InChI is InChI=1S/C23H19FN2OS2/c24-17-7-9-18(10-8-17)29(27)19-14-20(23(25-15-19)26-11-3-4-12-26)22-13-16-5-1-2-6-21(16)28-22/h1-2,5-10,13-15H,3-4,11-12H2/t29-/m1/s1. The van der Waals surface area contributed by atoms with E-state index in [1.165, 1.54) is 22.2 Å². The first-order valence-electron chi connectivity index (χ1n) is 9.60. The average Bonchev–Trinajstić information content (AvgIpc) is 3.43. The number of hydrogen-bond acceptors (Lipinski definition) is 4. The van der Waals surface area contributed by atoms with Crippen LogP contribution in [0.2, 0.25) is 0 Å². The summed E-state index contributed by atoms with van der Waals surface area (Å²) in [6, 6.07) is 18.3. The lowest BCUT2D eigenvalue weighted by molar-refractivity contribution is 0.626. The number of rotatable bonds is 4. The van der Waals surface area contributed by atoms with Gasteiger partial charge in [-0.1, -0.05) is 18.2 Å². The fraction of sp³-hybridized carbons (Fsp3) is 0.174. The number of thiophene rings is 1. The van der Waals surface area contributed by atoms with Crippen LogP contribution in [0.4, 0.5) is 10.2 Å². The Morgan fingerprint density at radius 3 is 2.48 bits per heavy atom. The minimum atomic E-state index is -1.41. The second-order valence-electron chi connectivity index (χ2n) is 7.11. The van der Waals surface area contributed by atoms with Gasteiger partial charge in [-0.05, 0) is 60.7 Å². The van der Waals surface area contributed by atoms with Crippen molar-refractivity contribution in [3.8, 4) is 10.4 Å². The van der Waals surface area contributed by atoms with Gasteiger partial charge in [-0.2, -0.15) is 0 Å². The molecular weight excluding hydrogens is 403 g/mol. The normalized spacial score (nSPS) is 15.1. The molecule has 1 atom stereocenters. The molecule has 0 saturated carbocycles. The van der Waals surface area contributed by atoms with Gasteiger partial charge >= 0.3 is 0 Å². The molecule has 1 aliphatic heterocycles. The topological polar surface area (TPSA) is 33.2 Å². The predicted octanol–water partition coefficient (Wildman–Crippen LogP) is 5.87. The van der Waals surface area contributed by atoms with Crippen molar-refractivity contribution in [3.63, 3.8) is 0 Å². The zero-order chi connectivity index (χ0) is 19.8. The van der Waals surface area contributed by atoms with Crippen molar-refractivity contribution in [2.24, 2.45) is 0 Å². The minimum Gasteiger partial charge on any atom is -0.356 e. The van der Waals surface area contributed by atoms with E-state index in [2.05, 4.69) is 23.1 Å². The van der Waals surface area contributed by atoms with Gasteiger partial charge in [-0.3, -0.25) is 0 Å². The fourth-order valence-electron chi connectivity index (χ4n) is 3.71. The van der Waals surface area contributed by atoms with Crippen LogP contribution in [0, 0.1) is 5.82 Å². The molecule has 1 saturated heterocycles. The summed E-state index contributed by atoms with van der Waals surface area (Å²) in [5, 5.41) is 1.20. The van der Waals surface area contributed by atoms with E-state index in [9.17, 15) is 8.60 Å². The van der Waals surface area contributed by atoms with E-state index in [-0.39, 0.29) is 5.82 Å². The third-order valence-electron chi connectivity index (χ3n) is 5.18. The number of anilines is 1. The average molecular weight is 423 g/mol. The summed E-state index contributed by atoms with van der Waals surface area (Å²) in [5.74, 6) is 0.619. The zero-order valence-corrected chi connectivity index (χ0v) is 17.3. The predicted molar refractivity (Wildman–Crippen MR) is 118 cm³/mol. The maximum absolute atomic E-state index is 13.2. The molecule has 29 heavy (non-hydrogen) atoms. The number of nitrogens with zero attached hydrogens (tertiary/aromatic N) is 2. The van der Waals surface area contributed by atoms with Gasteiger partial charge in [0.15, 0.2) is 0 Å². The van der Waals surface area contributed by atoms with Gasteiger partial charge in [-0.15, -0.1) is 11.3 Å². The summed E-state index contributed by atoms with van der Waals surface area (Å²) < 4.78 is 27.6. The molecule has 0 radical (unpaired) electrons. The molecule has 3 heterocycles. The summed E-state index contributed by atoms with van der Waals surface area (Å²) in [5.41, 5.74) is 1.01. The Hall–Kier alpha value is -2.57. The number of halogens is 1. The van der Waals surface area contributed by atoms with E-state index >= 15 is 0 Å². The van der Waals surface area contributed by atoms with Crippen molar-refractivity contribution in [2.75, 3.05) is 18.0 Å². The van der Waals surface area contributed by atoms with E-state index in [1.54, 1.807) is 29.7 Å². The molecule has 2 aromatic carbocycles. The molecule has 4 aromatic rings. The molecule has 0 amide bonds. The quantitative estimate of drug-likeness (QED) is 0.412. The lowest BCUT2D eigenvalue weighted by Crippen LogP contribution is -2.20. The van der Waals surface area contributed by atoms with Gasteiger partial charge in [0.25, 0.3) is 0 Å². The first kappa shape index (κ1) is 18.5. The van der Waals surface area contributed by atoms with Crippen molar-refractivity contribution in [3.05, 3.63) is 72.7 Å². The van der Waals surface area contributed by atoms with E-state index < -0.39 is 10.8 Å². The Morgan fingerprint density at radius 2 is 1.72 bits per heavy atom. The van der Waals surface area contributed by atoms with Crippen LogP contribution >= 0.6 is 11.3 Å². The van der Waals surface area contributed by atoms with Gasteiger partial charge in [0.2, 0.25) is 0 Å². The SMILES string of the molecule is O=[S@](c1ccc(F)cc1)c1cnc(N2CCCC2)c(-c2cc3ccccc3s2)c1. The highest BCUT2D eigenvalue weighted by molar-refractivity contribution is 7.85. The maximum Gasteiger partial charge on any atom is 0.137 e. The number of hydrogen-bond donors (Lipinski definition) is 0. The monoisotopic (exact) mass is 422 g/mol. The maximum atomic E-state index is 13.2. The second kappa shape index (κ2) is 7.69. The molecule has 0 unspecified atom stereocenters. The molecule has 0 bridgehead atoms. The smallest absolute Gasteiger partial charge is 0.137 e. The molecule has 2 aromatic heterocycles. The zero-order valence-electron chi connectivity index (χ0n) is 15.7. The highest BCUT2D eigenvalue weighted by Crippen LogP contribution is 2.39. The van der Waals surface area contributed by atoms with Gasteiger partial charge in [0, 0.05) is 39.3 Å². The minimum absolute atomic E-state index is 0.334. The molecule has 0 aliphatic carbocycles. The molecule has 146 valence electrons. The van der Waals surface area contributed by atoms with E-state index in [0.29, 0.717) is 9.79 Å². The Labute approximate surface area is 175 Å². The van der Waals surface area contributed by atoms with Gasteiger partial charge in [0.1, 0.15) is 11.6 Å². The molecule has 6 heteroatoms. The number of aromatic nitrogens is 1. The van der Waals surface area contributed by atoms with Crippen LogP contribution in [0.3, 0.4) is 0 Å². The summed E-state index contributed by atoms with van der Waals surface area (Å²) in [6.45, 7) is 1.98. The Kier molecular flexibility index (Phi) is 4.89. The van der Waals surface area contributed by atoms with Crippen LogP contribution < -0.4 is 4.90 Å². The molecular formula is C23H19FN2OS2. The molecule has 1 fully saturated rings.